The number of amides is 2. The smallest absolute Gasteiger partial charge is 0.258 e. The Kier molecular flexibility index (Phi) is 10.7. The number of benzene rings is 3. The Morgan fingerprint density at radius 2 is 1.63 bits per heavy atom. The number of hydrogen-bond acceptors (Lipinski definition) is 9. The molecule has 2 N–H and O–H groups in total. The van der Waals surface area contributed by atoms with E-state index in [1.165, 1.54) is 27.4 Å². The SMILES string of the molecule is COc1cc2ccc1CNC(=O)CCc1ccc(OC)c(c1)OCC(=O)N[C@@H]1CN(Cc3cc(OC)c(OC)cc3F)CC[C@@H]1O2. The minimum Gasteiger partial charge on any atom is -0.496 e. The summed E-state index contributed by atoms with van der Waals surface area (Å²) in [4.78, 5) is 28.0. The number of ether oxygens (including phenoxy) is 6. The van der Waals surface area contributed by atoms with Gasteiger partial charge in [-0.2, -0.15) is 0 Å². The molecular weight excluding hydrogens is 597 g/mol. The Morgan fingerprint density at radius 3 is 2.39 bits per heavy atom. The van der Waals surface area contributed by atoms with Gasteiger partial charge in [-0.3, -0.25) is 14.5 Å². The molecule has 3 heterocycles. The first kappa shape index (κ1) is 32.7. The van der Waals surface area contributed by atoms with E-state index in [1.807, 2.05) is 18.2 Å². The van der Waals surface area contributed by atoms with Crippen molar-refractivity contribution < 1.29 is 42.4 Å². The summed E-state index contributed by atoms with van der Waals surface area (Å²) in [6.45, 7) is 1.30. The summed E-state index contributed by atoms with van der Waals surface area (Å²) < 4.78 is 49.0. The van der Waals surface area contributed by atoms with Crippen LogP contribution in [0.4, 0.5) is 4.39 Å². The van der Waals surface area contributed by atoms with E-state index < -0.39 is 18.0 Å². The van der Waals surface area contributed by atoms with E-state index in [0.717, 1.165) is 11.1 Å². The molecule has 2 atom stereocenters. The summed E-state index contributed by atoms with van der Waals surface area (Å²) in [6.07, 6.45) is 0.896. The highest BCUT2D eigenvalue weighted by Crippen LogP contribution is 2.32. The standard InChI is InChI=1S/C34H40FN3O8/c1-41-28-9-5-21-6-10-33(39)36-17-22-7-8-24(15-29(22)42-2)46-27-11-12-38(19-26(27)37-34(40)20-45-32(28)13-21)18-23-14-30(43-3)31(44-4)16-25(23)35/h5,7-9,13-16,26-27H,6,10-12,17-20H2,1-4H3,(H,36,39)(H,37,40)/t26-,27+/m1/s1. The van der Waals surface area contributed by atoms with Crippen molar-refractivity contribution in [2.24, 2.45) is 0 Å². The third-order valence-corrected chi connectivity index (χ3v) is 8.18. The summed E-state index contributed by atoms with van der Waals surface area (Å²) in [5, 5.41) is 6.03. The molecule has 3 aliphatic rings. The average molecular weight is 638 g/mol. The van der Waals surface area contributed by atoms with Gasteiger partial charge in [-0.1, -0.05) is 6.07 Å². The fraction of sp³-hybridized carbons (Fsp3) is 0.412. The highest BCUT2D eigenvalue weighted by atomic mass is 19.1. The Balaban J connectivity index is 1.40. The van der Waals surface area contributed by atoms with Crippen LogP contribution in [0.2, 0.25) is 0 Å². The number of carbonyl (C=O) groups is 2. The Bertz CT molecular complexity index is 1550. The molecule has 0 spiro atoms. The Labute approximate surface area is 267 Å². The Hall–Kier alpha value is -4.71. The van der Waals surface area contributed by atoms with Crippen molar-refractivity contribution in [2.45, 2.75) is 44.5 Å². The van der Waals surface area contributed by atoms with Crippen molar-refractivity contribution in [1.29, 1.82) is 0 Å². The third kappa shape index (κ3) is 7.92. The van der Waals surface area contributed by atoms with Crippen molar-refractivity contribution >= 4 is 11.8 Å². The van der Waals surface area contributed by atoms with E-state index in [2.05, 4.69) is 15.5 Å². The second kappa shape index (κ2) is 15.0. The highest BCUT2D eigenvalue weighted by Gasteiger charge is 2.33. The molecule has 11 nitrogen and oxygen atoms in total. The molecule has 0 radical (unpaired) electrons. The molecule has 6 rings (SSSR count). The lowest BCUT2D eigenvalue weighted by Gasteiger charge is -2.39. The minimum absolute atomic E-state index is 0.111. The second-order valence-corrected chi connectivity index (χ2v) is 11.2. The molecule has 2 amide bonds. The van der Waals surface area contributed by atoms with Gasteiger partial charge in [0.1, 0.15) is 23.4 Å². The number of fused-ring (bicyclic) bond motifs is 9. The van der Waals surface area contributed by atoms with Gasteiger partial charge in [0.05, 0.1) is 34.5 Å². The predicted molar refractivity (Wildman–Crippen MR) is 167 cm³/mol. The van der Waals surface area contributed by atoms with Crippen molar-refractivity contribution in [1.82, 2.24) is 15.5 Å². The van der Waals surface area contributed by atoms with Crippen LogP contribution in [-0.4, -0.2) is 77.0 Å². The summed E-state index contributed by atoms with van der Waals surface area (Å²) in [6, 6.07) is 13.3. The van der Waals surface area contributed by atoms with E-state index in [-0.39, 0.29) is 24.8 Å². The highest BCUT2D eigenvalue weighted by molar-refractivity contribution is 5.78. The van der Waals surface area contributed by atoms with Crippen LogP contribution in [0, 0.1) is 5.82 Å². The molecule has 3 aliphatic heterocycles. The van der Waals surface area contributed by atoms with Gasteiger partial charge in [0.2, 0.25) is 5.91 Å². The maximum Gasteiger partial charge on any atom is 0.258 e. The van der Waals surface area contributed by atoms with Gasteiger partial charge in [0.15, 0.2) is 29.6 Å². The summed E-state index contributed by atoms with van der Waals surface area (Å²) in [5.41, 5.74) is 2.12. The molecule has 246 valence electrons. The molecule has 46 heavy (non-hydrogen) atoms. The van der Waals surface area contributed by atoms with Gasteiger partial charge in [-0.25, -0.2) is 4.39 Å². The molecule has 1 saturated heterocycles. The van der Waals surface area contributed by atoms with Crippen molar-refractivity contribution in [3.05, 3.63) is 71.0 Å². The first-order chi connectivity index (χ1) is 22.3. The minimum atomic E-state index is -0.451. The molecule has 12 heteroatoms. The Morgan fingerprint density at radius 1 is 0.870 bits per heavy atom. The summed E-state index contributed by atoms with van der Waals surface area (Å²) in [7, 11) is 6.06. The van der Waals surface area contributed by atoms with Crippen LogP contribution in [0.15, 0.2) is 48.5 Å². The largest absolute Gasteiger partial charge is 0.496 e. The molecule has 0 aliphatic carbocycles. The van der Waals surface area contributed by atoms with Gasteiger partial charge in [0, 0.05) is 55.9 Å². The lowest BCUT2D eigenvalue weighted by Crippen LogP contribution is -2.57. The van der Waals surface area contributed by atoms with Gasteiger partial charge < -0.3 is 39.1 Å². The number of aryl methyl sites for hydroxylation is 1. The van der Waals surface area contributed by atoms with Crippen LogP contribution in [-0.2, 0) is 29.1 Å². The topological polar surface area (TPSA) is 117 Å². The van der Waals surface area contributed by atoms with Crippen molar-refractivity contribution in [3.8, 4) is 34.5 Å². The first-order valence-electron chi connectivity index (χ1n) is 15.1. The fourth-order valence-corrected chi connectivity index (χ4v) is 5.72. The van der Waals surface area contributed by atoms with Crippen molar-refractivity contribution in [2.75, 3.05) is 48.1 Å². The van der Waals surface area contributed by atoms with E-state index in [0.29, 0.717) is 79.1 Å². The second-order valence-electron chi connectivity index (χ2n) is 11.2. The van der Waals surface area contributed by atoms with Crippen LogP contribution in [0.25, 0.3) is 0 Å². The maximum absolute atomic E-state index is 15.0. The van der Waals surface area contributed by atoms with E-state index in [9.17, 15) is 9.59 Å². The molecule has 3 aromatic carbocycles. The molecule has 0 saturated carbocycles. The molecule has 3 aromatic rings. The van der Waals surface area contributed by atoms with Crippen molar-refractivity contribution in [3.63, 3.8) is 0 Å². The van der Waals surface area contributed by atoms with Crippen LogP contribution in [0.1, 0.15) is 29.5 Å². The monoisotopic (exact) mass is 637 g/mol. The average Bonchev–Trinajstić information content (AvgIpc) is 3.07. The molecule has 1 fully saturated rings. The first-order valence-corrected chi connectivity index (χ1v) is 15.1. The molecule has 0 unspecified atom stereocenters. The van der Waals surface area contributed by atoms with Crippen LogP contribution >= 0.6 is 0 Å². The molecular formula is C34H40FN3O8. The summed E-state index contributed by atoms with van der Waals surface area (Å²) in [5.74, 6) is 1.89. The van der Waals surface area contributed by atoms with Crippen LogP contribution < -0.4 is 39.1 Å². The van der Waals surface area contributed by atoms with Gasteiger partial charge >= 0.3 is 0 Å². The number of nitrogens with one attached hydrogen (secondary N) is 2. The number of nitrogens with zero attached hydrogens (tertiary/aromatic N) is 1. The number of rotatable bonds is 6. The lowest BCUT2D eigenvalue weighted by molar-refractivity contribution is -0.125. The number of piperidine rings is 1. The van der Waals surface area contributed by atoms with Gasteiger partial charge in [-0.15, -0.1) is 0 Å². The number of hydrogen-bond donors (Lipinski definition) is 2. The van der Waals surface area contributed by atoms with Gasteiger partial charge in [0.25, 0.3) is 5.91 Å². The molecule has 4 bridgehead atoms. The normalized spacial score (nSPS) is 19.2. The van der Waals surface area contributed by atoms with Crippen LogP contribution in [0.3, 0.4) is 0 Å². The zero-order chi connectivity index (χ0) is 32.6. The summed E-state index contributed by atoms with van der Waals surface area (Å²) >= 11 is 0. The van der Waals surface area contributed by atoms with Gasteiger partial charge in [-0.05, 0) is 48.7 Å². The van der Waals surface area contributed by atoms with E-state index >= 15 is 4.39 Å². The van der Waals surface area contributed by atoms with Crippen LogP contribution in [0.5, 0.6) is 34.5 Å². The van der Waals surface area contributed by atoms with E-state index in [4.69, 9.17) is 28.4 Å². The lowest BCUT2D eigenvalue weighted by atomic mass is 10.0. The number of carbonyl (C=O) groups excluding carboxylic acids is 2. The zero-order valence-corrected chi connectivity index (χ0v) is 26.5. The number of methoxy groups -OCH3 is 4. The number of likely N-dealkylation sites (tertiary alicyclic amines) is 1. The molecule has 0 aromatic heterocycles. The van der Waals surface area contributed by atoms with E-state index in [1.54, 1.807) is 31.4 Å². The predicted octanol–water partition coefficient (Wildman–Crippen LogP) is 3.64. The third-order valence-electron chi connectivity index (χ3n) is 8.18. The maximum atomic E-state index is 15.0. The quantitative estimate of drug-likeness (QED) is 0.418. The number of halogens is 1. The fourth-order valence-electron chi connectivity index (χ4n) is 5.72. The zero-order valence-electron chi connectivity index (χ0n) is 26.5.